The molecule has 0 saturated carbocycles. The van der Waals surface area contributed by atoms with Crippen LogP contribution in [0, 0.1) is 5.82 Å². The van der Waals surface area contributed by atoms with Crippen LogP contribution < -0.4 is 5.32 Å². The molecule has 0 spiro atoms. The van der Waals surface area contributed by atoms with E-state index in [1.807, 2.05) is 11.0 Å². The average molecular weight is 250 g/mol. The lowest BCUT2D eigenvalue weighted by atomic mass is 10.2. The molecule has 4 heteroatoms. The van der Waals surface area contributed by atoms with Crippen LogP contribution in [0.5, 0.6) is 0 Å². The summed E-state index contributed by atoms with van der Waals surface area (Å²) in [5, 5.41) is 3.11. The topological polar surface area (TPSA) is 32.3 Å². The van der Waals surface area contributed by atoms with Gasteiger partial charge in [-0.15, -0.1) is 0 Å². The summed E-state index contributed by atoms with van der Waals surface area (Å²) < 4.78 is 13.3. The highest BCUT2D eigenvalue weighted by molar-refractivity contribution is 5.76. The zero-order chi connectivity index (χ0) is 12.8. The van der Waals surface area contributed by atoms with Gasteiger partial charge < -0.3 is 10.2 Å². The molecule has 1 aromatic carbocycles. The number of carbonyl (C=O) groups excluding carboxylic acids is 1. The van der Waals surface area contributed by atoms with Crippen molar-refractivity contribution in [3.05, 3.63) is 35.6 Å². The summed E-state index contributed by atoms with van der Waals surface area (Å²) >= 11 is 0. The van der Waals surface area contributed by atoms with Crippen molar-refractivity contribution in [3.63, 3.8) is 0 Å². The van der Waals surface area contributed by atoms with Gasteiger partial charge in [-0.25, -0.2) is 4.39 Å². The van der Waals surface area contributed by atoms with Gasteiger partial charge in [-0.1, -0.05) is 18.2 Å². The van der Waals surface area contributed by atoms with Gasteiger partial charge in [-0.3, -0.25) is 4.79 Å². The van der Waals surface area contributed by atoms with Crippen LogP contribution in [0.25, 0.3) is 0 Å². The van der Waals surface area contributed by atoms with Crippen molar-refractivity contribution in [1.82, 2.24) is 10.2 Å². The molecule has 0 radical (unpaired) electrons. The highest BCUT2D eigenvalue weighted by Gasteiger charge is 2.16. The lowest BCUT2D eigenvalue weighted by molar-refractivity contribution is -0.130. The van der Waals surface area contributed by atoms with Crippen LogP contribution in [0.15, 0.2) is 24.3 Å². The molecule has 1 aromatic rings. The van der Waals surface area contributed by atoms with Crippen LogP contribution in [-0.4, -0.2) is 30.4 Å². The Morgan fingerprint density at radius 2 is 2.00 bits per heavy atom. The number of carbonyl (C=O) groups is 1. The molecule has 3 nitrogen and oxygen atoms in total. The molecule has 1 N–H and O–H groups in total. The molecule has 1 fully saturated rings. The SMILES string of the molecule is O=C(CCNCc1ccccc1F)N1CCCC1. The van der Waals surface area contributed by atoms with E-state index >= 15 is 0 Å². The molecule has 2 rings (SSSR count). The molecule has 0 atom stereocenters. The lowest BCUT2D eigenvalue weighted by Crippen LogP contribution is -2.30. The lowest BCUT2D eigenvalue weighted by Gasteiger charge is -2.15. The van der Waals surface area contributed by atoms with Gasteiger partial charge >= 0.3 is 0 Å². The minimum Gasteiger partial charge on any atom is -0.343 e. The van der Waals surface area contributed by atoms with Crippen LogP contribution >= 0.6 is 0 Å². The van der Waals surface area contributed by atoms with Crippen molar-refractivity contribution in [2.75, 3.05) is 19.6 Å². The number of rotatable bonds is 5. The molecule has 98 valence electrons. The zero-order valence-electron chi connectivity index (χ0n) is 10.5. The summed E-state index contributed by atoms with van der Waals surface area (Å²) in [6.07, 6.45) is 2.73. The smallest absolute Gasteiger partial charge is 0.223 e. The average Bonchev–Trinajstić information content (AvgIpc) is 2.90. The minimum atomic E-state index is -0.198. The quantitative estimate of drug-likeness (QED) is 0.810. The van der Waals surface area contributed by atoms with Gasteiger partial charge in [0.2, 0.25) is 5.91 Å². The second kappa shape index (κ2) is 6.50. The van der Waals surface area contributed by atoms with E-state index in [-0.39, 0.29) is 11.7 Å². The number of benzene rings is 1. The molecular weight excluding hydrogens is 231 g/mol. The fourth-order valence-corrected chi connectivity index (χ4v) is 2.18. The van der Waals surface area contributed by atoms with Gasteiger partial charge in [0.25, 0.3) is 0 Å². The van der Waals surface area contributed by atoms with Crippen molar-refractivity contribution in [1.29, 1.82) is 0 Å². The monoisotopic (exact) mass is 250 g/mol. The molecule has 1 aliphatic heterocycles. The van der Waals surface area contributed by atoms with E-state index < -0.39 is 0 Å². The highest BCUT2D eigenvalue weighted by atomic mass is 19.1. The number of hydrogen-bond donors (Lipinski definition) is 1. The Morgan fingerprint density at radius 1 is 1.28 bits per heavy atom. The summed E-state index contributed by atoms with van der Waals surface area (Å²) in [6.45, 7) is 2.86. The van der Waals surface area contributed by atoms with Crippen LogP contribution in [0.2, 0.25) is 0 Å². The fourth-order valence-electron chi connectivity index (χ4n) is 2.18. The summed E-state index contributed by atoms with van der Waals surface area (Å²) in [5.74, 6) is 0.00408. The third-order valence-electron chi connectivity index (χ3n) is 3.25. The summed E-state index contributed by atoms with van der Waals surface area (Å²) in [7, 11) is 0. The third-order valence-corrected chi connectivity index (χ3v) is 3.25. The first-order valence-corrected chi connectivity index (χ1v) is 6.49. The Morgan fingerprint density at radius 3 is 2.72 bits per heavy atom. The van der Waals surface area contributed by atoms with Gasteiger partial charge in [-0.05, 0) is 18.9 Å². The predicted octanol–water partition coefficient (Wildman–Crippen LogP) is 1.93. The van der Waals surface area contributed by atoms with Gasteiger partial charge in [0.05, 0.1) is 0 Å². The van der Waals surface area contributed by atoms with E-state index in [1.54, 1.807) is 12.1 Å². The molecule has 1 aliphatic rings. The molecule has 0 unspecified atom stereocenters. The molecule has 0 aliphatic carbocycles. The fraction of sp³-hybridized carbons (Fsp3) is 0.500. The second-order valence-electron chi connectivity index (χ2n) is 4.61. The maximum Gasteiger partial charge on any atom is 0.223 e. The van der Waals surface area contributed by atoms with E-state index in [1.165, 1.54) is 6.07 Å². The van der Waals surface area contributed by atoms with E-state index in [9.17, 15) is 9.18 Å². The summed E-state index contributed by atoms with van der Waals surface area (Å²) in [4.78, 5) is 13.6. The van der Waals surface area contributed by atoms with Gasteiger partial charge in [0.15, 0.2) is 0 Å². The first-order valence-electron chi connectivity index (χ1n) is 6.49. The molecule has 18 heavy (non-hydrogen) atoms. The van der Waals surface area contributed by atoms with Crippen molar-refractivity contribution >= 4 is 5.91 Å². The van der Waals surface area contributed by atoms with Crippen molar-refractivity contribution < 1.29 is 9.18 Å². The second-order valence-corrected chi connectivity index (χ2v) is 4.61. The van der Waals surface area contributed by atoms with Crippen LogP contribution in [0.4, 0.5) is 4.39 Å². The number of amides is 1. The third kappa shape index (κ3) is 3.53. The minimum absolute atomic E-state index is 0.198. The van der Waals surface area contributed by atoms with Crippen LogP contribution in [-0.2, 0) is 11.3 Å². The van der Waals surface area contributed by atoms with E-state index in [0.717, 1.165) is 25.9 Å². The summed E-state index contributed by atoms with van der Waals surface area (Å²) in [5.41, 5.74) is 0.645. The predicted molar refractivity (Wildman–Crippen MR) is 68.5 cm³/mol. The van der Waals surface area contributed by atoms with Crippen molar-refractivity contribution in [3.8, 4) is 0 Å². The Balaban J connectivity index is 1.67. The maximum absolute atomic E-state index is 13.3. The molecule has 1 heterocycles. The Bertz CT molecular complexity index is 403. The first-order chi connectivity index (χ1) is 8.77. The number of halogens is 1. The molecular formula is C14H19FN2O. The summed E-state index contributed by atoms with van der Waals surface area (Å²) in [6, 6.07) is 6.70. The number of nitrogens with one attached hydrogen (secondary N) is 1. The van der Waals surface area contributed by atoms with Crippen LogP contribution in [0.3, 0.4) is 0 Å². The zero-order valence-corrected chi connectivity index (χ0v) is 10.5. The Kier molecular flexibility index (Phi) is 4.70. The number of hydrogen-bond acceptors (Lipinski definition) is 2. The normalized spacial score (nSPS) is 15.1. The van der Waals surface area contributed by atoms with Crippen LogP contribution in [0.1, 0.15) is 24.8 Å². The molecule has 0 aromatic heterocycles. The van der Waals surface area contributed by atoms with E-state index in [0.29, 0.717) is 25.1 Å². The van der Waals surface area contributed by atoms with Crippen molar-refractivity contribution in [2.45, 2.75) is 25.8 Å². The van der Waals surface area contributed by atoms with E-state index in [2.05, 4.69) is 5.32 Å². The molecule has 0 bridgehead atoms. The molecule has 1 amide bonds. The largest absolute Gasteiger partial charge is 0.343 e. The van der Waals surface area contributed by atoms with Gasteiger partial charge in [0, 0.05) is 38.2 Å². The molecule has 1 saturated heterocycles. The Hall–Kier alpha value is -1.42. The standard InChI is InChI=1S/C14H19FN2O/c15-13-6-2-1-5-12(13)11-16-8-7-14(18)17-9-3-4-10-17/h1-2,5-6,16H,3-4,7-11H2. The van der Waals surface area contributed by atoms with E-state index in [4.69, 9.17) is 0 Å². The Labute approximate surface area is 107 Å². The number of likely N-dealkylation sites (tertiary alicyclic amines) is 1. The highest BCUT2D eigenvalue weighted by Crippen LogP contribution is 2.09. The first kappa shape index (κ1) is 13.0. The van der Waals surface area contributed by atoms with Gasteiger partial charge in [0.1, 0.15) is 5.82 Å². The maximum atomic E-state index is 13.3. The van der Waals surface area contributed by atoms with Gasteiger partial charge in [-0.2, -0.15) is 0 Å². The van der Waals surface area contributed by atoms with Crippen molar-refractivity contribution in [2.24, 2.45) is 0 Å². The number of nitrogens with zero attached hydrogens (tertiary/aromatic N) is 1.